The molecule has 3 unspecified atom stereocenters. The molecule has 0 bridgehead atoms. The zero-order valence-electron chi connectivity index (χ0n) is 15.3. The van der Waals surface area contributed by atoms with E-state index >= 15 is 0 Å². The number of amides is 1. The van der Waals surface area contributed by atoms with Gasteiger partial charge in [-0.2, -0.15) is 0 Å². The summed E-state index contributed by atoms with van der Waals surface area (Å²) in [6.07, 6.45) is 2.56. The highest BCUT2D eigenvalue weighted by Gasteiger charge is 2.27. The van der Waals surface area contributed by atoms with Crippen LogP contribution in [0.5, 0.6) is 5.75 Å². The molecule has 0 aromatic heterocycles. The summed E-state index contributed by atoms with van der Waals surface area (Å²) in [4.78, 5) is 12.4. The number of ether oxygens (including phenoxy) is 1. The van der Waals surface area contributed by atoms with Gasteiger partial charge in [-0.3, -0.25) is 4.79 Å². The predicted octanol–water partition coefficient (Wildman–Crippen LogP) is 4.62. The Labute approximate surface area is 161 Å². The molecule has 0 radical (unpaired) electrons. The van der Waals surface area contributed by atoms with Crippen LogP contribution in [0, 0.1) is 12.8 Å². The van der Waals surface area contributed by atoms with E-state index in [1.165, 1.54) is 0 Å². The van der Waals surface area contributed by atoms with E-state index in [0.717, 1.165) is 41.8 Å². The Morgan fingerprint density at radius 2 is 1.92 bits per heavy atom. The van der Waals surface area contributed by atoms with Crippen LogP contribution in [0.1, 0.15) is 43.4 Å². The number of hydrogen-bond acceptors (Lipinski definition) is 3. The third kappa shape index (κ3) is 4.99. The lowest BCUT2D eigenvalue weighted by Gasteiger charge is -2.17. The van der Waals surface area contributed by atoms with E-state index in [0.29, 0.717) is 0 Å². The van der Waals surface area contributed by atoms with E-state index in [1.807, 2.05) is 50.2 Å². The van der Waals surface area contributed by atoms with Crippen molar-refractivity contribution in [1.29, 1.82) is 0 Å². The Kier molecular flexibility index (Phi) is 7.06. The lowest BCUT2D eigenvalue weighted by molar-refractivity contribution is -0.119. The average Bonchev–Trinajstić information content (AvgIpc) is 3.04. The lowest BCUT2D eigenvalue weighted by atomic mass is 10.1. The fourth-order valence-electron chi connectivity index (χ4n) is 3.34. The maximum atomic E-state index is 12.4. The minimum Gasteiger partial charge on any atom is -0.486 e. The topological polar surface area (TPSA) is 64.3 Å². The van der Waals surface area contributed by atoms with Crippen molar-refractivity contribution in [3.05, 3.63) is 59.7 Å². The highest BCUT2D eigenvalue weighted by atomic mass is 35.5. The molecule has 26 heavy (non-hydrogen) atoms. The summed E-state index contributed by atoms with van der Waals surface area (Å²) >= 11 is 0. The van der Waals surface area contributed by atoms with Crippen LogP contribution >= 0.6 is 12.4 Å². The van der Waals surface area contributed by atoms with Crippen LogP contribution in [0.4, 0.5) is 5.69 Å². The molecule has 1 saturated carbocycles. The van der Waals surface area contributed by atoms with E-state index in [2.05, 4.69) is 17.4 Å². The third-order valence-corrected chi connectivity index (χ3v) is 4.88. The minimum atomic E-state index is -0.0268. The van der Waals surface area contributed by atoms with Crippen molar-refractivity contribution in [1.82, 2.24) is 0 Å². The molecule has 1 aliphatic carbocycles. The first-order valence-corrected chi connectivity index (χ1v) is 8.91. The fourth-order valence-corrected chi connectivity index (χ4v) is 3.34. The number of nitrogens with one attached hydrogen (secondary N) is 1. The highest BCUT2D eigenvalue weighted by molar-refractivity contribution is 5.93. The molecule has 0 aliphatic heterocycles. The molecule has 0 heterocycles. The fraction of sp³-hybridized carbons (Fsp3) is 0.381. The highest BCUT2D eigenvalue weighted by Crippen LogP contribution is 2.29. The lowest BCUT2D eigenvalue weighted by Crippen LogP contribution is -2.23. The summed E-state index contributed by atoms with van der Waals surface area (Å²) in [5.41, 5.74) is 8.87. The molecule has 3 N–H and O–H groups in total. The first-order chi connectivity index (χ1) is 12.0. The molecule has 5 heteroatoms. The maximum Gasteiger partial charge on any atom is 0.227 e. The smallest absolute Gasteiger partial charge is 0.227 e. The van der Waals surface area contributed by atoms with Crippen molar-refractivity contribution in [2.75, 3.05) is 5.32 Å². The van der Waals surface area contributed by atoms with Gasteiger partial charge in [-0.15, -0.1) is 12.4 Å². The van der Waals surface area contributed by atoms with Crippen LogP contribution in [0.2, 0.25) is 0 Å². The second-order valence-corrected chi connectivity index (χ2v) is 6.91. The molecular formula is C21H27ClN2O2. The Balaban J connectivity index is 0.00000243. The Morgan fingerprint density at radius 3 is 2.54 bits per heavy atom. The van der Waals surface area contributed by atoms with Crippen LogP contribution in [-0.2, 0) is 4.79 Å². The van der Waals surface area contributed by atoms with E-state index in [1.54, 1.807) is 0 Å². The first-order valence-electron chi connectivity index (χ1n) is 8.91. The number of carbonyl (C=O) groups excluding carboxylic acids is 1. The van der Waals surface area contributed by atoms with Crippen LogP contribution in [0.15, 0.2) is 48.5 Å². The number of anilines is 1. The Hall–Kier alpha value is -2.04. The summed E-state index contributed by atoms with van der Waals surface area (Å²) in [6, 6.07) is 16.1. The van der Waals surface area contributed by atoms with Gasteiger partial charge in [0.1, 0.15) is 11.9 Å². The van der Waals surface area contributed by atoms with Gasteiger partial charge >= 0.3 is 0 Å². The summed E-state index contributed by atoms with van der Waals surface area (Å²) in [5.74, 6) is 0.903. The molecule has 3 rings (SSSR count). The first kappa shape index (κ1) is 20.3. The van der Waals surface area contributed by atoms with Gasteiger partial charge in [0, 0.05) is 17.6 Å². The Morgan fingerprint density at radius 1 is 1.19 bits per heavy atom. The van der Waals surface area contributed by atoms with Gasteiger partial charge < -0.3 is 15.8 Å². The number of rotatable bonds is 5. The maximum absolute atomic E-state index is 12.4. The van der Waals surface area contributed by atoms with Crippen molar-refractivity contribution < 1.29 is 9.53 Å². The summed E-state index contributed by atoms with van der Waals surface area (Å²) < 4.78 is 6.03. The van der Waals surface area contributed by atoms with E-state index in [9.17, 15) is 4.79 Å². The van der Waals surface area contributed by atoms with Gasteiger partial charge in [0.25, 0.3) is 0 Å². The number of carbonyl (C=O) groups is 1. The standard InChI is InChI=1S/C21H26N2O2.ClH/c1-14-12-19(25-15(2)16-6-4-3-5-7-16)10-11-20(14)23-21(24)17-8-9-18(22)13-17;/h3-7,10-12,15,17-18H,8-9,13,22H2,1-2H3,(H,23,24);1H. The quantitative estimate of drug-likeness (QED) is 0.802. The van der Waals surface area contributed by atoms with Gasteiger partial charge in [0.05, 0.1) is 0 Å². The molecule has 1 amide bonds. The molecule has 3 atom stereocenters. The largest absolute Gasteiger partial charge is 0.486 e. The normalized spacial score (nSPS) is 20.1. The molecule has 140 valence electrons. The van der Waals surface area contributed by atoms with Crippen molar-refractivity contribution in [2.45, 2.75) is 45.3 Å². The monoisotopic (exact) mass is 374 g/mol. The predicted molar refractivity (Wildman–Crippen MR) is 108 cm³/mol. The molecule has 0 saturated heterocycles. The van der Waals surface area contributed by atoms with Crippen LogP contribution in [0.3, 0.4) is 0 Å². The van der Waals surface area contributed by atoms with Crippen molar-refractivity contribution >= 4 is 24.0 Å². The second-order valence-electron chi connectivity index (χ2n) is 6.91. The zero-order chi connectivity index (χ0) is 17.8. The third-order valence-electron chi connectivity index (χ3n) is 4.88. The van der Waals surface area contributed by atoms with Gasteiger partial charge in [0.15, 0.2) is 0 Å². The summed E-state index contributed by atoms with van der Waals surface area (Å²) in [7, 11) is 0. The van der Waals surface area contributed by atoms with Crippen LogP contribution in [0.25, 0.3) is 0 Å². The van der Waals surface area contributed by atoms with E-state index in [-0.39, 0.29) is 36.4 Å². The zero-order valence-corrected chi connectivity index (χ0v) is 16.1. The number of benzene rings is 2. The molecule has 2 aromatic carbocycles. The van der Waals surface area contributed by atoms with Gasteiger partial charge in [0.2, 0.25) is 5.91 Å². The van der Waals surface area contributed by atoms with Crippen molar-refractivity contribution in [3.63, 3.8) is 0 Å². The molecular weight excluding hydrogens is 348 g/mol. The summed E-state index contributed by atoms with van der Waals surface area (Å²) in [5, 5.41) is 3.03. The van der Waals surface area contributed by atoms with Gasteiger partial charge in [-0.05, 0) is 62.4 Å². The van der Waals surface area contributed by atoms with Crippen molar-refractivity contribution in [2.24, 2.45) is 11.7 Å². The molecule has 1 fully saturated rings. The number of nitrogens with two attached hydrogens (primary N) is 1. The van der Waals surface area contributed by atoms with Gasteiger partial charge in [-0.25, -0.2) is 0 Å². The second kappa shape index (κ2) is 9.06. The molecule has 0 spiro atoms. The number of halogens is 1. The average molecular weight is 375 g/mol. The molecule has 2 aromatic rings. The van der Waals surface area contributed by atoms with Crippen LogP contribution in [-0.4, -0.2) is 11.9 Å². The van der Waals surface area contributed by atoms with E-state index < -0.39 is 0 Å². The van der Waals surface area contributed by atoms with E-state index in [4.69, 9.17) is 10.5 Å². The van der Waals surface area contributed by atoms with Crippen molar-refractivity contribution in [3.8, 4) is 5.75 Å². The van der Waals surface area contributed by atoms with Gasteiger partial charge in [-0.1, -0.05) is 30.3 Å². The number of aryl methyl sites for hydroxylation is 1. The van der Waals surface area contributed by atoms with Crippen LogP contribution < -0.4 is 15.8 Å². The Bertz CT molecular complexity index is 736. The summed E-state index contributed by atoms with van der Waals surface area (Å²) in [6.45, 7) is 4.01. The SMILES string of the molecule is Cc1cc(OC(C)c2ccccc2)ccc1NC(=O)C1CCC(N)C1.Cl. The number of hydrogen-bond donors (Lipinski definition) is 2. The molecule has 1 aliphatic rings. The minimum absolute atomic E-state index is 0. The molecule has 4 nitrogen and oxygen atoms in total.